The van der Waals surface area contributed by atoms with Gasteiger partial charge in [-0.15, -0.1) is 0 Å². The summed E-state index contributed by atoms with van der Waals surface area (Å²) in [5.74, 6) is -4.11. The quantitative estimate of drug-likeness (QED) is 0.363. The standard InChI is InChI=1S/C27H23F3N2O5S/c1-15(33)31-38(35,36)20-5-2-16(3-6-20)25-26-23(12-18(28)13-24(26)34)32(19-4-7-21(29)22(30)14-19)27(25)17-8-10-37-11-9-17/h2-7,12-14,17,34H,8-11H2,1H3,(H,31,33). The number of carbonyl (C=O) groups is 1. The molecule has 0 atom stereocenters. The maximum atomic E-state index is 14.6. The van der Waals surface area contributed by atoms with Crippen molar-refractivity contribution < 1.29 is 36.2 Å². The first-order valence-corrected chi connectivity index (χ1v) is 13.3. The number of amides is 1. The predicted molar refractivity (Wildman–Crippen MR) is 134 cm³/mol. The molecule has 1 aliphatic heterocycles. The smallest absolute Gasteiger partial charge is 0.264 e. The van der Waals surface area contributed by atoms with Crippen molar-refractivity contribution in [2.45, 2.75) is 30.6 Å². The van der Waals surface area contributed by atoms with Gasteiger partial charge in [-0.05, 0) is 48.7 Å². The van der Waals surface area contributed by atoms with Gasteiger partial charge in [-0.25, -0.2) is 26.3 Å². The number of benzene rings is 3. The Morgan fingerprint density at radius 3 is 2.32 bits per heavy atom. The Labute approximate surface area is 216 Å². The number of rotatable bonds is 5. The minimum absolute atomic E-state index is 0.149. The van der Waals surface area contributed by atoms with Gasteiger partial charge in [0.05, 0.1) is 15.8 Å². The van der Waals surface area contributed by atoms with Crippen molar-refractivity contribution in [3.8, 4) is 22.6 Å². The summed E-state index contributed by atoms with van der Waals surface area (Å²) in [5.41, 5.74) is 2.09. The van der Waals surface area contributed by atoms with Crippen LogP contribution in [0.4, 0.5) is 13.2 Å². The summed E-state index contributed by atoms with van der Waals surface area (Å²) < 4.78 is 76.7. The van der Waals surface area contributed by atoms with E-state index in [2.05, 4.69) is 0 Å². The number of halogens is 3. The number of aromatic nitrogens is 1. The van der Waals surface area contributed by atoms with Crippen LogP contribution in [-0.2, 0) is 19.6 Å². The van der Waals surface area contributed by atoms with E-state index in [1.165, 1.54) is 36.4 Å². The zero-order chi connectivity index (χ0) is 27.2. The van der Waals surface area contributed by atoms with Crippen LogP contribution in [-0.4, -0.2) is 37.2 Å². The van der Waals surface area contributed by atoms with E-state index in [0.717, 1.165) is 25.1 Å². The van der Waals surface area contributed by atoms with E-state index in [4.69, 9.17) is 4.74 Å². The van der Waals surface area contributed by atoms with Crippen LogP contribution in [0.1, 0.15) is 31.4 Å². The summed E-state index contributed by atoms with van der Waals surface area (Å²) in [4.78, 5) is 11.2. The lowest BCUT2D eigenvalue weighted by Crippen LogP contribution is -2.28. The molecule has 11 heteroatoms. The fourth-order valence-corrected chi connectivity index (χ4v) is 5.97. The maximum Gasteiger partial charge on any atom is 0.264 e. The molecule has 1 saturated heterocycles. The van der Waals surface area contributed by atoms with Crippen LogP contribution in [0.15, 0.2) is 59.5 Å². The molecular weight excluding hydrogens is 521 g/mol. The highest BCUT2D eigenvalue weighted by molar-refractivity contribution is 7.90. The molecule has 198 valence electrons. The predicted octanol–water partition coefficient (Wildman–Crippen LogP) is 5.14. The lowest BCUT2D eigenvalue weighted by Gasteiger charge is -2.26. The van der Waals surface area contributed by atoms with E-state index in [1.54, 1.807) is 4.57 Å². The van der Waals surface area contributed by atoms with Crippen LogP contribution < -0.4 is 4.72 Å². The Hall–Kier alpha value is -3.83. The summed E-state index contributed by atoms with van der Waals surface area (Å²) in [7, 11) is -4.09. The Kier molecular flexibility index (Phi) is 6.66. The summed E-state index contributed by atoms with van der Waals surface area (Å²) in [6.07, 6.45) is 1.15. The first kappa shape index (κ1) is 25.8. The number of phenols is 1. The third-order valence-electron chi connectivity index (χ3n) is 6.55. The number of nitrogens with zero attached hydrogens (tertiary/aromatic N) is 1. The Bertz CT molecular complexity index is 1660. The third kappa shape index (κ3) is 4.63. The molecule has 1 amide bonds. The number of hydrogen-bond acceptors (Lipinski definition) is 5. The number of aromatic hydroxyl groups is 1. The minimum Gasteiger partial charge on any atom is -0.507 e. The van der Waals surface area contributed by atoms with Crippen LogP contribution in [0.25, 0.3) is 27.7 Å². The summed E-state index contributed by atoms with van der Waals surface area (Å²) in [6.45, 7) is 1.97. The molecule has 5 rings (SSSR count). The molecule has 2 N–H and O–H groups in total. The Morgan fingerprint density at radius 2 is 1.68 bits per heavy atom. The number of hydrogen-bond donors (Lipinski definition) is 2. The molecular formula is C27H23F3N2O5S. The SMILES string of the molecule is CC(=O)NS(=O)(=O)c1ccc(-c2c(C3CCOCC3)n(-c3ccc(F)c(F)c3)c3cc(F)cc(O)c23)cc1. The van der Waals surface area contributed by atoms with Crippen molar-refractivity contribution in [2.24, 2.45) is 0 Å². The summed E-state index contributed by atoms with van der Waals surface area (Å²) in [5, 5.41) is 11.2. The molecule has 7 nitrogen and oxygen atoms in total. The molecule has 2 heterocycles. The largest absolute Gasteiger partial charge is 0.507 e. The van der Waals surface area contributed by atoms with Gasteiger partial charge in [0, 0.05) is 55.1 Å². The minimum atomic E-state index is -4.09. The van der Waals surface area contributed by atoms with E-state index >= 15 is 0 Å². The van der Waals surface area contributed by atoms with Crippen LogP contribution >= 0.6 is 0 Å². The molecule has 1 aliphatic rings. The molecule has 1 aromatic heterocycles. The molecule has 0 unspecified atom stereocenters. The number of fused-ring (bicyclic) bond motifs is 1. The molecule has 4 aromatic rings. The lowest BCUT2D eigenvalue weighted by molar-refractivity contribution is -0.117. The Balaban J connectivity index is 1.82. The molecule has 0 saturated carbocycles. The number of carbonyl (C=O) groups excluding carboxylic acids is 1. The van der Waals surface area contributed by atoms with E-state index < -0.39 is 33.4 Å². The van der Waals surface area contributed by atoms with E-state index in [1.807, 2.05) is 4.72 Å². The van der Waals surface area contributed by atoms with Gasteiger partial charge in [0.15, 0.2) is 11.6 Å². The van der Waals surface area contributed by atoms with Gasteiger partial charge < -0.3 is 14.4 Å². The van der Waals surface area contributed by atoms with Gasteiger partial charge >= 0.3 is 0 Å². The van der Waals surface area contributed by atoms with E-state index in [-0.39, 0.29) is 33.2 Å². The van der Waals surface area contributed by atoms with Crippen LogP contribution in [0, 0.1) is 17.5 Å². The highest BCUT2D eigenvalue weighted by atomic mass is 32.2. The zero-order valence-electron chi connectivity index (χ0n) is 20.2. The number of ether oxygens (including phenoxy) is 1. The normalized spacial score (nSPS) is 14.6. The van der Waals surface area contributed by atoms with Gasteiger partial charge in [0.25, 0.3) is 10.0 Å². The lowest BCUT2D eigenvalue weighted by atomic mass is 9.90. The fourth-order valence-electron chi connectivity index (χ4n) is 4.98. The molecule has 0 radical (unpaired) electrons. The maximum absolute atomic E-state index is 14.6. The van der Waals surface area contributed by atoms with Gasteiger partial charge in [-0.3, -0.25) is 4.79 Å². The topological polar surface area (TPSA) is 97.6 Å². The molecule has 0 aliphatic carbocycles. The van der Waals surface area contributed by atoms with Crippen molar-refractivity contribution in [3.63, 3.8) is 0 Å². The van der Waals surface area contributed by atoms with Crippen molar-refractivity contribution in [3.05, 3.63) is 77.7 Å². The highest BCUT2D eigenvalue weighted by Crippen LogP contribution is 2.46. The number of nitrogens with one attached hydrogen (secondary N) is 1. The second-order valence-corrected chi connectivity index (χ2v) is 10.8. The fraction of sp³-hybridized carbons (Fsp3) is 0.222. The van der Waals surface area contributed by atoms with Crippen LogP contribution in [0.2, 0.25) is 0 Å². The van der Waals surface area contributed by atoms with E-state index in [9.17, 15) is 31.5 Å². The summed E-state index contributed by atoms with van der Waals surface area (Å²) >= 11 is 0. The average Bonchev–Trinajstić information content (AvgIpc) is 3.21. The van der Waals surface area contributed by atoms with Crippen molar-refractivity contribution in [2.75, 3.05) is 13.2 Å². The van der Waals surface area contributed by atoms with Gasteiger partial charge in [0.1, 0.15) is 11.6 Å². The number of sulfonamides is 1. The molecule has 0 bridgehead atoms. The molecule has 1 fully saturated rings. The molecule has 3 aromatic carbocycles. The van der Waals surface area contributed by atoms with Crippen molar-refractivity contribution in [1.29, 1.82) is 0 Å². The third-order valence-corrected chi connectivity index (χ3v) is 8.00. The molecule has 0 spiro atoms. The van der Waals surface area contributed by atoms with Crippen LogP contribution in [0.5, 0.6) is 5.75 Å². The van der Waals surface area contributed by atoms with Gasteiger partial charge in [-0.2, -0.15) is 0 Å². The second-order valence-electron chi connectivity index (χ2n) is 9.09. The summed E-state index contributed by atoms with van der Waals surface area (Å²) in [6, 6.07) is 11.2. The highest BCUT2D eigenvalue weighted by Gasteiger charge is 2.30. The van der Waals surface area contributed by atoms with Crippen molar-refractivity contribution >= 4 is 26.8 Å². The first-order chi connectivity index (χ1) is 18.1. The first-order valence-electron chi connectivity index (χ1n) is 11.8. The van der Waals surface area contributed by atoms with Crippen molar-refractivity contribution in [1.82, 2.24) is 9.29 Å². The average molecular weight is 545 g/mol. The Morgan fingerprint density at radius 1 is 1.00 bits per heavy atom. The van der Waals surface area contributed by atoms with Gasteiger partial charge in [0.2, 0.25) is 5.91 Å². The monoisotopic (exact) mass is 544 g/mol. The van der Waals surface area contributed by atoms with E-state index in [0.29, 0.717) is 42.9 Å². The van der Waals surface area contributed by atoms with Gasteiger partial charge in [-0.1, -0.05) is 12.1 Å². The second kappa shape index (κ2) is 9.80. The zero-order valence-corrected chi connectivity index (χ0v) is 21.0. The molecule has 38 heavy (non-hydrogen) atoms. The van der Waals surface area contributed by atoms with Crippen LogP contribution in [0.3, 0.4) is 0 Å². The number of phenolic OH excluding ortho intramolecular Hbond substituents is 1.